The summed E-state index contributed by atoms with van der Waals surface area (Å²) in [5.41, 5.74) is 0. The lowest BCUT2D eigenvalue weighted by molar-refractivity contribution is -0.173. The summed E-state index contributed by atoms with van der Waals surface area (Å²) in [6.07, 6.45) is 28.5. The molecule has 0 radical (unpaired) electrons. The second-order valence-corrected chi connectivity index (χ2v) is 7.64. The molecule has 2 atom stereocenters. The van der Waals surface area contributed by atoms with E-state index in [1.165, 1.54) is 0 Å². The first-order valence-electron chi connectivity index (χ1n) is 12.4. The summed E-state index contributed by atoms with van der Waals surface area (Å²) < 4.78 is 10.6. The second-order valence-electron chi connectivity index (χ2n) is 7.64. The van der Waals surface area contributed by atoms with E-state index in [4.69, 9.17) is 14.6 Å². The Morgan fingerprint density at radius 2 is 1.18 bits per heavy atom. The molecular weight excluding hydrogens is 416 g/mol. The molecule has 0 aliphatic carbocycles. The van der Waals surface area contributed by atoms with Gasteiger partial charge < -0.3 is 14.6 Å². The molecule has 0 saturated carbocycles. The van der Waals surface area contributed by atoms with Gasteiger partial charge in [0, 0.05) is 6.61 Å². The average molecular weight is 461 g/mol. The highest BCUT2D eigenvalue weighted by molar-refractivity contribution is 5.80. The summed E-state index contributed by atoms with van der Waals surface area (Å²) in [4.78, 5) is 23.0. The third-order valence-electron chi connectivity index (χ3n) is 4.78. The molecule has 0 fully saturated rings. The number of carboxylic acid groups (broad SMARTS) is 1. The molecule has 0 rings (SSSR count). The summed E-state index contributed by atoms with van der Waals surface area (Å²) >= 11 is 0. The van der Waals surface area contributed by atoms with Crippen molar-refractivity contribution in [1.82, 2.24) is 0 Å². The highest BCUT2D eigenvalue weighted by atomic mass is 16.6. The molecule has 0 aromatic heterocycles. The van der Waals surface area contributed by atoms with Crippen molar-refractivity contribution in [2.75, 3.05) is 6.61 Å². The monoisotopic (exact) mass is 460 g/mol. The Bertz CT molecular complexity index is 643. The van der Waals surface area contributed by atoms with E-state index in [0.717, 1.165) is 51.4 Å². The first-order valence-corrected chi connectivity index (χ1v) is 12.4. The third kappa shape index (κ3) is 18.8. The Labute approximate surface area is 200 Å². The van der Waals surface area contributed by atoms with Crippen LogP contribution >= 0.6 is 0 Å². The average Bonchev–Trinajstić information content (AvgIpc) is 2.81. The molecule has 0 saturated heterocycles. The Balaban J connectivity index is 3.78. The molecule has 186 valence electrons. The zero-order valence-corrected chi connectivity index (χ0v) is 20.8. The van der Waals surface area contributed by atoms with Gasteiger partial charge in [-0.25, -0.2) is 9.59 Å². The van der Waals surface area contributed by atoms with Crippen molar-refractivity contribution in [3.63, 3.8) is 0 Å². The van der Waals surface area contributed by atoms with Crippen LogP contribution in [0, 0.1) is 0 Å². The van der Waals surface area contributed by atoms with Gasteiger partial charge in [-0.1, -0.05) is 81.5 Å². The van der Waals surface area contributed by atoms with Gasteiger partial charge >= 0.3 is 11.9 Å². The van der Waals surface area contributed by atoms with Crippen LogP contribution < -0.4 is 0 Å². The van der Waals surface area contributed by atoms with E-state index in [9.17, 15) is 9.59 Å². The number of esters is 1. The minimum atomic E-state index is -1.13. The lowest BCUT2D eigenvalue weighted by Crippen LogP contribution is -2.33. The van der Waals surface area contributed by atoms with Gasteiger partial charge in [-0.05, 0) is 64.2 Å². The first kappa shape index (κ1) is 30.6. The molecule has 0 spiro atoms. The minimum absolute atomic E-state index is 0.241. The minimum Gasteiger partial charge on any atom is -0.479 e. The van der Waals surface area contributed by atoms with Crippen LogP contribution in [0.4, 0.5) is 0 Å². The summed E-state index contributed by atoms with van der Waals surface area (Å²) in [6.45, 7) is 6.10. The van der Waals surface area contributed by atoms with Crippen LogP contribution in [0.2, 0.25) is 0 Å². The van der Waals surface area contributed by atoms with Gasteiger partial charge in [0.25, 0.3) is 0 Å². The number of allylic oxidation sites excluding steroid dienone is 10. The molecule has 1 N–H and O–H groups in total. The fourth-order valence-corrected chi connectivity index (χ4v) is 2.84. The summed E-state index contributed by atoms with van der Waals surface area (Å²) in [5, 5.41) is 8.99. The topological polar surface area (TPSA) is 72.8 Å². The number of aliphatic carboxylic acids is 1. The zero-order chi connectivity index (χ0) is 24.6. The maximum atomic E-state index is 12.0. The Morgan fingerprint density at radius 3 is 1.64 bits per heavy atom. The number of carboxylic acids is 1. The molecule has 5 heteroatoms. The molecule has 0 aromatic rings. The van der Waals surface area contributed by atoms with Crippen LogP contribution in [0.3, 0.4) is 0 Å². The summed E-state index contributed by atoms with van der Waals surface area (Å²) in [6, 6.07) is 0. The van der Waals surface area contributed by atoms with Crippen molar-refractivity contribution < 1.29 is 24.2 Å². The normalized spacial score (nSPS) is 14.3. The van der Waals surface area contributed by atoms with Crippen molar-refractivity contribution >= 4 is 11.9 Å². The molecule has 0 heterocycles. The van der Waals surface area contributed by atoms with Gasteiger partial charge in [0.05, 0.1) is 0 Å². The van der Waals surface area contributed by atoms with E-state index in [1.807, 2.05) is 6.92 Å². The number of hydrogen-bond donors (Lipinski definition) is 1. The van der Waals surface area contributed by atoms with Crippen LogP contribution in [-0.2, 0) is 19.1 Å². The van der Waals surface area contributed by atoms with Crippen molar-refractivity contribution in [3.8, 4) is 0 Å². The van der Waals surface area contributed by atoms with Gasteiger partial charge in [0.15, 0.2) is 12.2 Å². The maximum Gasteiger partial charge on any atom is 0.345 e. The molecule has 0 bridgehead atoms. The quantitative estimate of drug-likeness (QED) is 0.119. The van der Waals surface area contributed by atoms with E-state index >= 15 is 0 Å². The Morgan fingerprint density at radius 1 is 0.697 bits per heavy atom. The van der Waals surface area contributed by atoms with E-state index in [0.29, 0.717) is 13.0 Å². The van der Waals surface area contributed by atoms with Gasteiger partial charge in [-0.2, -0.15) is 0 Å². The number of ether oxygens (including phenoxy) is 2. The molecule has 0 aliphatic heterocycles. The van der Waals surface area contributed by atoms with Crippen LogP contribution in [0.25, 0.3) is 0 Å². The van der Waals surface area contributed by atoms with Gasteiger partial charge in [0.1, 0.15) is 0 Å². The number of rotatable bonds is 20. The Kier molecular flexibility index (Phi) is 21.1. The van der Waals surface area contributed by atoms with E-state index in [-0.39, 0.29) is 6.42 Å². The van der Waals surface area contributed by atoms with E-state index in [2.05, 4.69) is 67.7 Å². The predicted molar refractivity (Wildman–Crippen MR) is 136 cm³/mol. The molecule has 0 aromatic carbocycles. The third-order valence-corrected chi connectivity index (χ3v) is 4.78. The van der Waals surface area contributed by atoms with Crippen molar-refractivity contribution in [2.24, 2.45) is 0 Å². The van der Waals surface area contributed by atoms with Crippen molar-refractivity contribution in [3.05, 3.63) is 60.8 Å². The fraction of sp³-hybridized carbons (Fsp3) is 0.571. The number of carbonyl (C=O) groups is 2. The van der Waals surface area contributed by atoms with Gasteiger partial charge in [0.2, 0.25) is 0 Å². The zero-order valence-electron chi connectivity index (χ0n) is 20.8. The van der Waals surface area contributed by atoms with Crippen LogP contribution in [-0.4, -0.2) is 35.9 Å². The maximum absolute atomic E-state index is 12.0. The molecule has 33 heavy (non-hydrogen) atoms. The summed E-state index contributed by atoms with van der Waals surface area (Å²) in [7, 11) is 0. The molecule has 2 unspecified atom stereocenters. The van der Waals surface area contributed by atoms with Gasteiger partial charge in [-0.3, -0.25) is 0 Å². The van der Waals surface area contributed by atoms with Crippen LogP contribution in [0.15, 0.2) is 60.8 Å². The van der Waals surface area contributed by atoms with E-state index < -0.39 is 24.1 Å². The molecule has 5 nitrogen and oxygen atoms in total. The Hall–Kier alpha value is -2.40. The van der Waals surface area contributed by atoms with E-state index in [1.54, 1.807) is 6.92 Å². The van der Waals surface area contributed by atoms with Crippen LogP contribution in [0.1, 0.15) is 85.0 Å². The molecule has 0 aliphatic rings. The van der Waals surface area contributed by atoms with Crippen molar-refractivity contribution in [2.45, 2.75) is 97.2 Å². The first-order chi connectivity index (χ1) is 16.1. The standard InChI is InChI=1S/C28H44O5/c1-4-7-8-9-10-11-12-13-14-15-16-17-18-19-20-21-22-23-24-32-26(6-3)28(31)33-25(5-2)27(29)30/h7-8,10-11,13-14,16-17,19-20,25-26H,4-6,9,12,15,18,21-24H2,1-3H3,(H,29,30)/b8-7-,11-10-,14-13-,17-16-,20-19-. The lowest BCUT2D eigenvalue weighted by Gasteiger charge is -2.18. The fourth-order valence-electron chi connectivity index (χ4n) is 2.84. The van der Waals surface area contributed by atoms with Crippen LogP contribution in [0.5, 0.6) is 0 Å². The number of unbranched alkanes of at least 4 members (excludes halogenated alkanes) is 2. The summed E-state index contributed by atoms with van der Waals surface area (Å²) in [5.74, 6) is -1.72. The number of hydrogen-bond acceptors (Lipinski definition) is 4. The smallest absolute Gasteiger partial charge is 0.345 e. The predicted octanol–water partition coefficient (Wildman–Crippen LogP) is 7.11. The lowest BCUT2D eigenvalue weighted by atomic mass is 10.2. The second kappa shape index (κ2) is 22.8. The highest BCUT2D eigenvalue weighted by Gasteiger charge is 2.25. The largest absolute Gasteiger partial charge is 0.479 e. The highest BCUT2D eigenvalue weighted by Crippen LogP contribution is 2.08. The SMILES string of the molecule is CC/C=C\C/C=C\C/C=C\C/C=C\C/C=C\CCCCOC(CC)C(=O)OC(CC)C(=O)O. The number of carbonyl (C=O) groups excluding carboxylic acids is 1. The van der Waals surface area contributed by atoms with Gasteiger partial charge in [-0.15, -0.1) is 0 Å². The molecule has 0 amide bonds. The molecular formula is C28H44O5. The van der Waals surface area contributed by atoms with Crippen molar-refractivity contribution in [1.29, 1.82) is 0 Å².